The first-order valence-electron chi connectivity index (χ1n) is 12.0. The third kappa shape index (κ3) is 4.72. The first kappa shape index (κ1) is 25.3. The van der Waals surface area contributed by atoms with E-state index in [0.29, 0.717) is 5.89 Å². The van der Waals surface area contributed by atoms with E-state index in [4.69, 9.17) is 27.0 Å². The minimum absolute atomic E-state index is 0. The standard InChI is InChI=1S/C32H25N2OS.Pt/c1-32(2,3)23-18-21-11-8-16-33-29(21)26(19-23)20-9-6-10-22(17-20)31-34-30-25(13-7-14-27(30)35-31)24-12-4-5-15-28(24)36;/h4-16,18-19,36H,1-3H3;/q-1;+2/p-1. The van der Waals surface area contributed by atoms with Gasteiger partial charge in [0.25, 0.3) is 0 Å². The molecule has 0 bridgehead atoms. The molecule has 0 fully saturated rings. The molecule has 0 radical (unpaired) electrons. The summed E-state index contributed by atoms with van der Waals surface area (Å²) in [7, 11) is 0. The van der Waals surface area contributed by atoms with E-state index < -0.39 is 0 Å². The van der Waals surface area contributed by atoms with Crippen molar-refractivity contribution in [3.63, 3.8) is 0 Å². The number of benzene rings is 4. The summed E-state index contributed by atoms with van der Waals surface area (Å²) in [5.41, 5.74) is 8.50. The van der Waals surface area contributed by atoms with Crippen molar-refractivity contribution < 1.29 is 25.5 Å². The van der Waals surface area contributed by atoms with Gasteiger partial charge < -0.3 is 17.0 Å². The first-order chi connectivity index (χ1) is 17.4. The summed E-state index contributed by atoms with van der Waals surface area (Å²) in [6.07, 6.45) is 1.84. The molecule has 0 N–H and O–H groups in total. The van der Waals surface area contributed by atoms with Crippen molar-refractivity contribution in [3.8, 4) is 33.7 Å². The van der Waals surface area contributed by atoms with Gasteiger partial charge in [-0.15, -0.1) is 29.8 Å². The molecule has 0 aliphatic heterocycles. The SMILES string of the molecule is CC(C)(C)c1cc(-c2[c-]c(-c3nc4c(-c5ccccc5[S-])cccc4o3)ccc2)c2ncccc2c1.[Pt+2]. The number of hydrogen-bond donors (Lipinski definition) is 0. The molecule has 0 amide bonds. The van der Waals surface area contributed by atoms with E-state index in [1.54, 1.807) is 0 Å². The Morgan fingerprint density at radius 2 is 1.51 bits per heavy atom. The van der Waals surface area contributed by atoms with Crippen LogP contribution in [0.3, 0.4) is 0 Å². The molecule has 184 valence electrons. The van der Waals surface area contributed by atoms with Crippen molar-refractivity contribution in [2.45, 2.75) is 31.1 Å². The van der Waals surface area contributed by atoms with Crippen LogP contribution >= 0.6 is 0 Å². The van der Waals surface area contributed by atoms with Gasteiger partial charge in [0, 0.05) is 17.3 Å². The van der Waals surface area contributed by atoms with Gasteiger partial charge in [0.15, 0.2) is 5.89 Å². The molecule has 0 atom stereocenters. The van der Waals surface area contributed by atoms with Crippen LogP contribution in [0.5, 0.6) is 0 Å². The molecule has 3 nitrogen and oxygen atoms in total. The molecule has 0 spiro atoms. The Morgan fingerprint density at radius 1 is 0.757 bits per heavy atom. The van der Waals surface area contributed by atoms with Crippen LogP contribution in [0.25, 0.3) is 55.7 Å². The number of aromatic nitrogens is 2. The van der Waals surface area contributed by atoms with Crippen LogP contribution in [-0.2, 0) is 39.1 Å². The molecule has 0 aliphatic rings. The van der Waals surface area contributed by atoms with Gasteiger partial charge in [-0.1, -0.05) is 86.5 Å². The average Bonchev–Trinajstić information content (AvgIpc) is 3.33. The Hall–Kier alpha value is -3.33. The Kier molecular flexibility index (Phi) is 6.74. The summed E-state index contributed by atoms with van der Waals surface area (Å²) in [6, 6.07) is 32.1. The third-order valence-corrected chi connectivity index (χ3v) is 6.84. The summed E-state index contributed by atoms with van der Waals surface area (Å²) in [6.45, 7) is 6.68. The Morgan fingerprint density at radius 3 is 2.32 bits per heavy atom. The van der Waals surface area contributed by atoms with Crippen molar-refractivity contribution in [2.75, 3.05) is 0 Å². The summed E-state index contributed by atoms with van der Waals surface area (Å²) >= 11 is 5.57. The average molecular weight is 680 g/mol. The molecule has 6 rings (SSSR count). The molecular weight excluding hydrogens is 656 g/mol. The van der Waals surface area contributed by atoms with Crippen LogP contribution in [0.15, 0.2) is 100 Å². The molecule has 4 aromatic carbocycles. The third-order valence-electron chi connectivity index (χ3n) is 6.48. The predicted molar refractivity (Wildman–Crippen MR) is 149 cm³/mol. The monoisotopic (exact) mass is 679 g/mol. The van der Waals surface area contributed by atoms with Crippen molar-refractivity contribution in [1.29, 1.82) is 0 Å². The largest absolute Gasteiger partial charge is 2.00 e. The molecule has 2 aromatic heterocycles. The fraction of sp³-hybridized carbons (Fsp3) is 0.125. The van der Waals surface area contributed by atoms with Gasteiger partial charge in [-0.2, -0.15) is 4.90 Å². The minimum atomic E-state index is 0. The van der Waals surface area contributed by atoms with Gasteiger partial charge in [0.05, 0.1) is 0 Å². The minimum Gasteiger partial charge on any atom is -0.779 e. The van der Waals surface area contributed by atoms with Crippen LogP contribution in [0, 0.1) is 6.07 Å². The zero-order valence-corrected chi connectivity index (χ0v) is 23.8. The summed E-state index contributed by atoms with van der Waals surface area (Å²) in [5, 5.41) is 1.12. The van der Waals surface area contributed by atoms with Crippen LogP contribution in [0.4, 0.5) is 0 Å². The quantitative estimate of drug-likeness (QED) is 0.139. The second-order valence-corrected chi connectivity index (χ2v) is 10.4. The van der Waals surface area contributed by atoms with Gasteiger partial charge >= 0.3 is 21.1 Å². The van der Waals surface area contributed by atoms with Gasteiger partial charge in [0.2, 0.25) is 0 Å². The molecule has 0 unspecified atom stereocenters. The Labute approximate surface area is 236 Å². The number of hydrogen-bond acceptors (Lipinski definition) is 4. The maximum Gasteiger partial charge on any atom is 2.00 e. The first-order valence-corrected chi connectivity index (χ1v) is 12.4. The van der Waals surface area contributed by atoms with Crippen LogP contribution < -0.4 is 0 Å². The van der Waals surface area contributed by atoms with Gasteiger partial charge in [0.1, 0.15) is 11.1 Å². The smallest absolute Gasteiger partial charge is 0.779 e. The zero-order chi connectivity index (χ0) is 24.9. The predicted octanol–water partition coefficient (Wildman–Crippen LogP) is 8.38. The second-order valence-electron chi connectivity index (χ2n) is 9.99. The van der Waals surface area contributed by atoms with E-state index in [0.717, 1.165) is 54.7 Å². The van der Waals surface area contributed by atoms with Gasteiger partial charge in [-0.05, 0) is 34.1 Å². The van der Waals surface area contributed by atoms with Crippen molar-refractivity contribution in [3.05, 3.63) is 103 Å². The number of para-hydroxylation sites is 1. The molecule has 0 saturated heterocycles. The summed E-state index contributed by atoms with van der Waals surface area (Å²) in [5.74, 6) is 0.533. The van der Waals surface area contributed by atoms with Crippen molar-refractivity contribution in [2.24, 2.45) is 0 Å². The summed E-state index contributed by atoms with van der Waals surface area (Å²) < 4.78 is 6.22. The maximum atomic E-state index is 6.22. The summed E-state index contributed by atoms with van der Waals surface area (Å²) in [4.78, 5) is 10.4. The number of fused-ring (bicyclic) bond motifs is 2. The van der Waals surface area contributed by atoms with Crippen LogP contribution in [0.2, 0.25) is 0 Å². The number of oxazole rings is 1. The molecule has 5 heteroatoms. The normalized spacial score (nSPS) is 11.5. The molecule has 0 saturated carbocycles. The van der Waals surface area contributed by atoms with E-state index in [1.807, 2.05) is 66.9 Å². The zero-order valence-electron chi connectivity index (χ0n) is 20.7. The number of nitrogens with zero attached hydrogens (tertiary/aromatic N) is 2. The van der Waals surface area contributed by atoms with E-state index >= 15 is 0 Å². The van der Waals surface area contributed by atoms with Crippen molar-refractivity contribution in [1.82, 2.24) is 9.97 Å². The van der Waals surface area contributed by atoms with E-state index in [2.05, 4.69) is 51.1 Å². The van der Waals surface area contributed by atoms with Crippen LogP contribution in [-0.4, -0.2) is 9.97 Å². The van der Waals surface area contributed by atoms with Crippen molar-refractivity contribution >= 4 is 34.6 Å². The Balaban J connectivity index is 0.00000280. The molecule has 0 aliphatic carbocycles. The topological polar surface area (TPSA) is 38.9 Å². The molecular formula is C32H24N2OPtS. The number of rotatable bonds is 3. The second kappa shape index (κ2) is 9.85. The van der Waals surface area contributed by atoms with Crippen LogP contribution in [0.1, 0.15) is 26.3 Å². The molecule has 37 heavy (non-hydrogen) atoms. The Bertz CT molecular complexity index is 1750. The fourth-order valence-corrected chi connectivity index (χ4v) is 4.81. The van der Waals surface area contributed by atoms with E-state index in [-0.39, 0.29) is 26.5 Å². The molecule has 6 aromatic rings. The van der Waals surface area contributed by atoms with E-state index in [9.17, 15) is 0 Å². The fourth-order valence-electron chi connectivity index (χ4n) is 4.55. The molecule has 2 heterocycles. The van der Waals surface area contributed by atoms with Gasteiger partial charge in [-0.25, -0.2) is 4.98 Å². The van der Waals surface area contributed by atoms with Gasteiger partial charge in [-0.3, -0.25) is 4.98 Å². The number of pyridine rings is 1. The maximum absolute atomic E-state index is 6.22. The van der Waals surface area contributed by atoms with E-state index in [1.165, 1.54) is 5.56 Å².